The van der Waals surface area contributed by atoms with Crippen LogP contribution in [-0.2, 0) is 5.60 Å². The summed E-state index contributed by atoms with van der Waals surface area (Å²) in [4.78, 5) is 7.94. The van der Waals surface area contributed by atoms with E-state index in [0.29, 0.717) is 16.7 Å². The van der Waals surface area contributed by atoms with Crippen LogP contribution in [0.25, 0.3) is 0 Å². The summed E-state index contributed by atoms with van der Waals surface area (Å²) in [5.74, 6) is 5.84. The highest BCUT2D eigenvalue weighted by atomic mass is 79.9. The standard InChI is InChI=1S/C16H17N5O.C5H4BrN/c17-6-8-21(19)12-16(22,15-5-2-7-20-11-15)14-4-1-3-13(9-14)10-18;6-5-3-1-2-4-7-5/h1-9,11,22H,12,17,19H2;1-4H/b8-6-;. The molecule has 0 aliphatic carbocycles. The summed E-state index contributed by atoms with van der Waals surface area (Å²) < 4.78 is 0.884. The number of halogens is 1. The number of nitrogens with two attached hydrogens (primary N) is 2. The summed E-state index contributed by atoms with van der Waals surface area (Å²) in [5.41, 5.74) is 5.50. The van der Waals surface area contributed by atoms with E-state index in [9.17, 15) is 5.11 Å². The lowest BCUT2D eigenvalue weighted by Crippen LogP contribution is -2.43. The molecule has 1 atom stereocenters. The second-order valence-electron chi connectivity index (χ2n) is 5.96. The molecule has 2 aromatic heterocycles. The second-order valence-corrected chi connectivity index (χ2v) is 6.77. The van der Waals surface area contributed by atoms with Crippen LogP contribution in [0.2, 0.25) is 0 Å². The lowest BCUT2D eigenvalue weighted by atomic mass is 9.86. The van der Waals surface area contributed by atoms with Crippen molar-refractivity contribution in [2.45, 2.75) is 5.60 Å². The molecular weight excluding hydrogens is 432 g/mol. The molecule has 0 bridgehead atoms. The van der Waals surface area contributed by atoms with Gasteiger partial charge in [0.25, 0.3) is 0 Å². The lowest BCUT2D eigenvalue weighted by Gasteiger charge is -2.32. The Kier molecular flexibility index (Phi) is 8.30. The number of hydrogen-bond acceptors (Lipinski definition) is 7. The van der Waals surface area contributed by atoms with Gasteiger partial charge in [0.05, 0.1) is 18.2 Å². The number of nitriles is 1. The van der Waals surface area contributed by atoms with Gasteiger partial charge in [-0.25, -0.2) is 10.8 Å². The van der Waals surface area contributed by atoms with E-state index in [-0.39, 0.29) is 6.54 Å². The van der Waals surface area contributed by atoms with Crippen molar-refractivity contribution < 1.29 is 5.11 Å². The number of pyridine rings is 2. The summed E-state index contributed by atoms with van der Waals surface area (Å²) in [6, 6.07) is 18.0. The molecule has 2 heterocycles. The predicted molar refractivity (Wildman–Crippen MR) is 115 cm³/mol. The van der Waals surface area contributed by atoms with Gasteiger partial charge in [-0.3, -0.25) is 4.98 Å². The third-order valence-electron chi connectivity index (χ3n) is 3.93. The van der Waals surface area contributed by atoms with Gasteiger partial charge in [-0.05, 0) is 51.8 Å². The van der Waals surface area contributed by atoms with Crippen molar-refractivity contribution in [2.24, 2.45) is 11.6 Å². The Bertz CT molecular complexity index is 962. The monoisotopic (exact) mass is 452 g/mol. The van der Waals surface area contributed by atoms with E-state index in [4.69, 9.17) is 16.8 Å². The van der Waals surface area contributed by atoms with Crippen molar-refractivity contribution in [2.75, 3.05) is 6.54 Å². The Morgan fingerprint density at radius 3 is 2.48 bits per heavy atom. The van der Waals surface area contributed by atoms with Crippen molar-refractivity contribution >= 4 is 15.9 Å². The Hall–Kier alpha value is -3.25. The van der Waals surface area contributed by atoms with Crippen molar-refractivity contribution in [3.8, 4) is 6.07 Å². The van der Waals surface area contributed by atoms with Gasteiger partial charge in [0.2, 0.25) is 0 Å². The van der Waals surface area contributed by atoms with Crippen LogP contribution in [0.5, 0.6) is 0 Å². The van der Waals surface area contributed by atoms with Gasteiger partial charge in [-0.15, -0.1) is 0 Å². The fourth-order valence-corrected chi connectivity index (χ4v) is 2.84. The van der Waals surface area contributed by atoms with Crippen LogP contribution in [0.4, 0.5) is 0 Å². The maximum absolute atomic E-state index is 11.2. The molecule has 0 aliphatic rings. The number of hydrazine groups is 1. The lowest BCUT2D eigenvalue weighted by molar-refractivity contribution is 0.0497. The predicted octanol–water partition coefficient (Wildman–Crippen LogP) is 2.64. The molecule has 0 aliphatic heterocycles. The number of nitrogens with zero attached hydrogens (tertiary/aromatic N) is 4. The van der Waals surface area contributed by atoms with Gasteiger partial charge in [-0.2, -0.15) is 5.26 Å². The first-order chi connectivity index (χ1) is 14.0. The molecule has 3 aromatic rings. The van der Waals surface area contributed by atoms with Crippen LogP contribution in [0, 0.1) is 11.3 Å². The molecule has 0 saturated carbocycles. The molecule has 0 radical (unpaired) electrons. The van der Waals surface area contributed by atoms with E-state index in [1.165, 1.54) is 17.4 Å². The topological polar surface area (TPSA) is 125 Å². The number of aromatic nitrogens is 2. The minimum atomic E-state index is -1.42. The first-order valence-electron chi connectivity index (χ1n) is 8.59. The Balaban J connectivity index is 0.000000360. The highest BCUT2D eigenvalue weighted by Gasteiger charge is 2.33. The quantitative estimate of drug-likeness (QED) is 0.308. The Morgan fingerprint density at radius 1 is 1.14 bits per heavy atom. The zero-order valence-corrected chi connectivity index (χ0v) is 17.1. The smallest absolute Gasteiger partial charge is 0.135 e. The van der Waals surface area contributed by atoms with Crippen LogP contribution in [-0.4, -0.2) is 26.6 Å². The van der Waals surface area contributed by atoms with Crippen LogP contribution in [0.15, 0.2) is 90.2 Å². The third-order valence-corrected chi connectivity index (χ3v) is 4.40. The highest BCUT2D eigenvalue weighted by Crippen LogP contribution is 2.30. The molecule has 1 aromatic carbocycles. The van der Waals surface area contributed by atoms with Gasteiger partial charge < -0.3 is 15.8 Å². The van der Waals surface area contributed by atoms with Crippen molar-refractivity contribution in [3.63, 3.8) is 0 Å². The zero-order valence-electron chi connectivity index (χ0n) is 15.6. The summed E-state index contributed by atoms with van der Waals surface area (Å²) in [5, 5.41) is 21.6. The van der Waals surface area contributed by atoms with Crippen LogP contribution < -0.4 is 11.6 Å². The van der Waals surface area contributed by atoms with E-state index < -0.39 is 5.60 Å². The van der Waals surface area contributed by atoms with E-state index in [1.807, 2.05) is 18.2 Å². The molecule has 1 unspecified atom stereocenters. The minimum Gasteiger partial charge on any atom is -0.403 e. The van der Waals surface area contributed by atoms with E-state index in [2.05, 4.69) is 32.0 Å². The normalized spacial score (nSPS) is 12.3. The van der Waals surface area contributed by atoms with E-state index in [1.54, 1.807) is 55.0 Å². The summed E-state index contributed by atoms with van der Waals surface area (Å²) in [6.07, 6.45) is 7.67. The molecular formula is C21H21BrN6O. The van der Waals surface area contributed by atoms with Crippen LogP contribution >= 0.6 is 15.9 Å². The van der Waals surface area contributed by atoms with Crippen molar-refractivity contribution in [3.05, 3.63) is 107 Å². The zero-order chi connectivity index (χ0) is 21.1. The average Bonchev–Trinajstić information content (AvgIpc) is 2.75. The SMILES string of the molecule is Brc1ccccn1.N#Cc1cccc(C(O)(CN(N)/C=C\N)c2cccnc2)c1. The third kappa shape index (κ3) is 6.40. The van der Waals surface area contributed by atoms with Gasteiger partial charge in [0.1, 0.15) is 10.2 Å². The Labute approximate surface area is 178 Å². The summed E-state index contributed by atoms with van der Waals surface area (Å²) >= 11 is 3.20. The summed E-state index contributed by atoms with van der Waals surface area (Å²) in [7, 11) is 0. The molecule has 29 heavy (non-hydrogen) atoms. The molecule has 0 spiro atoms. The first-order valence-corrected chi connectivity index (χ1v) is 9.38. The van der Waals surface area contributed by atoms with E-state index in [0.717, 1.165) is 4.60 Å². The molecule has 7 nitrogen and oxygen atoms in total. The maximum atomic E-state index is 11.2. The minimum absolute atomic E-state index is 0.0568. The fraction of sp³-hybridized carbons (Fsp3) is 0.0952. The van der Waals surface area contributed by atoms with Crippen LogP contribution in [0.3, 0.4) is 0 Å². The van der Waals surface area contributed by atoms with Crippen molar-refractivity contribution in [1.82, 2.24) is 15.0 Å². The molecule has 0 amide bonds. The molecule has 8 heteroatoms. The number of benzene rings is 1. The highest BCUT2D eigenvalue weighted by molar-refractivity contribution is 9.10. The average molecular weight is 453 g/mol. The van der Waals surface area contributed by atoms with Crippen LogP contribution in [0.1, 0.15) is 16.7 Å². The van der Waals surface area contributed by atoms with Gasteiger partial charge in [0, 0.05) is 36.6 Å². The number of rotatable bonds is 5. The second kappa shape index (κ2) is 10.9. The first kappa shape index (κ1) is 22.0. The molecule has 3 rings (SSSR count). The van der Waals surface area contributed by atoms with E-state index >= 15 is 0 Å². The molecule has 0 saturated heterocycles. The number of aliphatic hydroxyl groups is 1. The fourth-order valence-electron chi connectivity index (χ4n) is 2.57. The summed E-state index contributed by atoms with van der Waals surface area (Å²) in [6.45, 7) is 0.0568. The Morgan fingerprint density at radius 2 is 1.93 bits per heavy atom. The molecule has 5 N–H and O–H groups in total. The van der Waals surface area contributed by atoms with Gasteiger partial charge in [0.15, 0.2) is 0 Å². The molecule has 148 valence electrons. The molecule has 0 fully saturated rings. The maximum Gasteiger partial charge on any atom is 0.135 e. The van der Waals surface area contributed by atoms with Crippen molar-refractivity contribution in [1.29, 1.82) is 5.26 Å². The largest absolute Gasteiger partial charge is 0.403 e. The number of hydrogen-bond donors (Lipinski definition) is 3. The van der Waals surface area contributed by atoms with Gasteiger partial charge >= 0.3 is 0 Å². The van der Waals surface area contributed by atoms with Gasteiger partial charge in [-0.1, -0.05) is 24.3 Å².